The van der Waals surface area contributed by atoms with Gasteiger partial charge in [-0.05, 0) is 42.0 Å². The molecule has 2 aromatic carbocycles. The standard InChI is InChI=1S/C24H16N4O2/c25-12-15-1-3-17(4-2-15)23(30)18-7-5-16(6-8-18)20-11-21-19(9-10-22(26)29)13-27-24(21)28-14-20/h1-11,13-14H,(H2,26,29)(H,27,28)/b10-9+. The molecule has 0 atom stereocenters. The van der Waals surface area contributed by atoms with E-state index in [1.54, 1.807) is 54.9 Å². The van der Waals surface area contributed by atoms with Crippen LogP contribution in [0.5, 0.6) is 0 Å². The van der Waals surface area contributed by atoms with E-state index >= 15 is 0 Å². The first-order valence-electron chi connectivity index (χ1n) is 9.15. The van der Waals surface area contributed by atoms with E-state index in [0.717, 1.165) is 22.1 Å². The van der Waals surface area contributed by atoms with E-state index in [2.05, 4.69) is 9.97 Å². The molecule has 30 heavy (non-hydrogen) atoms. The second kappa shape index (κ2) is 7.86. The second-order valence-electron chi connectivity index (χ2n) is 6.70. The summed E-state index contributed by atoms with van der Waals surface area (Å²) in [4.78, 5) is 31.2. The number of amides is 1. The number of rotatable bonds is 5. The first-order valence-corrected chi connectivity index (χ1v) is 9.15. The van der Waals surface area contributed by atoms with Crippen molar-refractivity contribution in [2.45, 2.75) is 0 Å². The predicted octanol–water partition coefficient (Wildman–Crippen LogP) is 3.83. The molecule has 6 nitrogen and oxygen atoms in total. The van der Waals surface area contributed by atoms with Gasteiger partial charge in [-0.1, -0.05) is 24.3 Å². The Kier molecular flexibility index (Phi) is 4.93. The molecule has 0 saturated carbocycles. The first kappa shape index (κ1) is 18.8. The van der Waals surface area contributed by atoms with Crippen LogP contribution in [0.25, 0.3) is 28.2 Å². The van der Waals surface area contributed by atoms with E-state index in [-0.39, 0.29) is 5.78 Å². The largest absolute Gasteiger partial charge is 0.366 e. The van der Waals surface area contributed by atoms with Gasteiger partial charge in [0.2, 0.25) is 5.91 Å². The van der Waals surface area contributed by atoms with E-state index in [0.29, 0.717) is 22.3 Å². The molecule has 0 aliphatic heterocycles. The Bertz CT molecular complexity index is 1320. The SMILES string of the molecule is N#Cc1ccc(C(=O)c2ccc(-c3cnc4[nH]cc(/C=C/C(N)=O)c4c3)cc2)cc1. The molecule has 0 unspecified atom stereocenters. The average Bonchev–Trinajstić information content (AvgIpc) is 3.19. The number of primary amides is 1. The number of carbonyl (C=O) groups excluding carboxylic acids is 2. The molecule has 0 spiro atoms. The van der Waals surface area contributed by atoms with Crippen LogP contribution in [-0.4, -0.2) is 21.7 Å². The number of benzene rings is 2. The van der Waals surface area contributed by atoms with E-state index in [1.807, 2.05) is 24.3 Å². The summed E-state index contributed by atoms with van der Waals surface area (Å²) >= 11 is 0. The summed E-state index contributed by atoms with van der Waals surface area (Å²) in [5, 5.41) is 9.74. The number of nitriles is 1. The minimum atomic E-state index is -0.518. The lowest BCUT2D eigenvalue weighted by Crippen LogP contribution is -2.04. The molecule has 1 amide bonds. The van der Waals surface area contributed by atoms with Gasteiger partial charge in [0, 0.05) is 46.1 Å². The van der Waals surface area contributed by atoms with Crippen LogP contribution in [0.1, 0.15) is 27.0 Å². The summed E-state index contributed by atoms with van der Waals surface area (Å²) in [5.74, 6) is -0.625. The van der Waals surface area contributed by atoms with E-state index in [1.165, 1.54) is 6.08 Å². The molecule has 144 valence electrons. The van der Waals surface area contributed by atoms with Crippen LogP contribution in [-0.2, 0) is 4.79 Å². The zero-order valence-electron chi connectivity index (χ0n) is 15.8. The molecule has 0 fully saturated rings. The van der Waals surface area contributed by atoms with E-state index < -0.39 is 5.91 Å². The van der Waals surface area contributed by atoms with Gasteiger partial charge in [-0.15, -0.1) is 0 Å². The minimum absolute atomic E-state index is 0.107. The zero-order valence-corrected chi connectivity index (χ0v) is 15.8. The molecule has 0 radical (unpaired) electrons. The topological polar surface area (TPSA) is 113 Å². The summed E-state index contributed by atoms with van der Waals surface area (Å²) in [5.41, 5.74) is 10.1. The van der Waals surface area contributed by atoms with Crippen molar-refractivity contribution in [2.75, 3.05) is 0 Å². The Labute approximate surface area is 172 Å². The van der Waals surface area contributed by atoms with Gasteiger partial charge in [0.15, 0.2) is 5.78 Å². The van der Waals surface area contributed by atoms with Gasteiger partial charge in [-0.2, -0.15) is 5.26 Å². The maximum atomic E-state index is 12.7. The van der Waals surface area contributed by atoms with Crippen molar-refractivity contribution in [1.82, 2.24) is 9.97 Å². The molecule has 2 aromatic heterocycles. The smallest absolute Gasteiger partial charge is 0.241 e. The third-order valence-corrected chi connectivity index (χ3v) is 4.75. The van der Waals surface area contributed by atoms with Gasteiger partial charge in [0.25, 0.3) is 0 Å². The van der Waals surface area contributed by atoms with Crippen molar-refractivity contribution >= 4 is 28.8 Å². The number of pyridine rings is 1. The van der Waals surface area contributed by atoms with Crippen LogP contribution in [0.15, 0.2) is 73.1 Å². The van der Waals surface area contributed by atoms with Crippen LogP contribution < -0.4 is 5.73 Å². The Hall–Kier alpha value is -4.50. The van der Waals surface area contributed by atoms with Crippen LogP contribution in [0.4, 0.5) is 0 Å². The monoisotopic (exact) mass is 392 g/mol. The fourth-order valence-electron chi connectivity index (χ4n) is 3.17. The van der Waals surface area contributed by atoms with Crippen molar-refractivity contribution in [3.8, 4) is 17.2 Å². The molecular weight excluding hydrogens is 376 g/mol. The summed E-state index contributed by atoms with van der Waals surface area (Å²) in [7, 11) is 0. The second-order valence-corrected chi connectivity index (χ2v) is 6.70. The highest BCUT2D eigenvalue weighted by Crippen LogP contribution is 2.26. The fourth-order valence-corrected chi connectivity index (χ4v) is 3.17. The summed E-state index contributed by atoms with van der Waals surface area (Å²) in [6.45, 7) is 0. The molecule has 3 N–H and O–H groups in total. The van der Waals surface area contributed by atoms with Crippen LogP contribution in [0, 0.1) is 11.3 Å². The number of aromatic amines is 1. The molecular formula is C24H16N4O2. The number of fused-ring (bicyclic) bond motifs is 1. The lowest BCUT2D eigenvalue weighted by Gasteiger charge is -2.05. The number of hydrogen-bond donors (Lipinski definition) is 2. The molecule has 4 aromatic rings. The highest BCUT2D eigenvalue weighted by molar-refractivity contribution is 6.09. The molecule has 0 bridgehead atoms. The number of H-pyrrole nitrogens is 1. The van der Waals surface area contributed by atoms with Gasteiger partial charge in [-0.3, -0.25) is 9.59 Å². The summed E-state index contributed by atoms with van der Waals surface area (Å²) < 4.78 is 0. The average molecular weight is 392 g/mol. The lowest BCUT2D eigenvalue weighted by molar-refractivity contribution is -0.113. The maximum absolute atomic E-state index is 12.7. The Morgan fingerprint density at radius 1 is 1.00 bits per heavy atom. The highest BCUT2D eigenvalue weighted by Gasteiger charge is 2.10. The minimum Gasteiger partial charge on any atom is -0.366 e. The first-order chi connectivity index (χ1) is 14.5. The van der Waals surface area contributed by atoms with Crippen molar-refractivity contribution < 1.29 is 9.59 Å². The Balaban J connectivity index is 1.62. The summed E-state index contributed by atoms with van der Waals surface area (Å²) in [6.07, 6.45) is 6.46. The Morgan fingerprint density at radius 2 is 1.67 bits per heavy atom. The molecule has 6 heteroatoms. The normalized spacial score (nSPS) is 10.9. The van der Waals surface area contributed by atoms with Gasteiger partial charge in [-0.25, -0.2) is 4.98 Å². The van der Waals surface area contributed by atoms with Gasteiger partial charge < -0.3 is 10.7 Å². The molecule has 4 rings (SSSR count). The van der Waals surface area contributed by atoms with Gasteiger partial charge in [0.1, 0.15) is 5.65 Å². The van der Waals surface area contributed by atoms with E-state index in [4.69, 9.17) is 11.0 Å². The third kappa shape index (κ3) is 3.73. The van der Waals surface area contributed by atoms with Crippen molar-refractivity contribution in [3.63, 3.8) is 0 Å². The quantitative estimate of drug-likeness (QED) is 0.397. The fraction of sp³-hybridized carbons (Fsp3) is 0. The van der Waals surface area contributed by atoms with Gasteiger partial charge >= 0.3 is 0 Å². The number of aromatic nitrogens is 2. The van der Waals surface area contributed by atoms with Crippen molar-refractivity contribution in [3.05, 3.63) is 95.3 Å². The number of nitrogens with zero attached hydrogens (tertiary/aromatic N) is 2. The predicted molar refractivity (Wildman–Crippen MR) is 114 cm³/mol. The van der Waals surface area contributed by atoms with Crippen LogP contribution in [0.2, 0.25) is 0 Å². The van der Waals surface area contributed by atoms with E-state index in [9.17, 15) is 9.59 Å². The molecule has 0 saturated heterocycles. The number of hydrogen-bond acceptors (Lipinski definition) is 4. The maximum Gasteiger partial charge on any atom is 0.241 e. The number of nitrogens with two attached hydrogens (primary N) is 1. The third-order valence-electron chi connectivity index (χ3n) is 4.75. The molecule has 0 aliphatic rings. The van der Waals surface area contributed by atoms with Crippen molar-refractivity contribution in [1.29, 1.82) is 5.26 Å². The number of carbonyl (C=O) groups is 2. The Morgan fingerprint density at radius 3 is 2.30 bits per heavy atom. The highest BCUT2D eigenvalue weighted by atomic mass is 16.1. The molecule has 2 heterocycles. The number of nitrogens with one attached hydrogen (secondary N) is 1. The zero-order chi connectivity index (χ0) is 21.1. The number of ketones is 1. The summed E-state index contributed by atoms with van der Waals surface area (Å²) in [6, 6.07) is 17.8. The lowest BCUT2D eigenvalue weighted by atomic mass is 9.99. The van der Waals surface area contributed by atoms with Crippen LogP contribution >= 0.6 is 0 Å². The van der Waals surface area contributed by atoms with Crippen LogP contribution in [0.3, 0.4) is 0 Å². The van der Waals surface area contributed by atoms with Gasteiger partial charge in [0.05, 0.1) is 11.6 Å². The van der Waals surface area contributed by atoms with Crippen molar-refractivity contribution in [2.24, 2.45) is 5.73 Å². The molecule has 0 aliphatic carbocycles.